The summed E-state index contributed by atoms with van der Waals surface area (Å²) in [6.45, 7) is 9.52. The molecule has 0 radical (unpaired) electrons. The van der Waals surface area contributed by atoms with Crippen LogP contribution >= 0.6 is 0 Å². The topological polar surface area (TPSA) is 3.24 Å². The van der Waals surface area contributed by atoms with Crippen molar-refractivity contribution in [3.05, 3.63) is 251 Å². The fourth-order valence-corrected chi connectivity index (χ4v) is 11.7. The Morgan fingerprint density at radius 1 is 0.343 bits per heavy atom. The van der Waals surface area contributed by atoms with Gasteiger partial charge in [-0.05, 0) is 168 Å². The molecular formula is C66H55N. The zero-order chi connectivity index (χ0) is 45.3. The minimum absolute atomic E-state index is 0.106. The van der Waals surface area contributed by atoms with E-state index in [2.05, 4.69) is 245 Å². The lowest BCUT2D eigenvalue weighted by molar-refractivity contribution is 0.660. The van der Waals surface area contributed by atoms with Crippen molar-refractivity contribution in [3.63, 3.8) is 0 Å². The summed E-state index contributed by atoms with van der Waals surface area (Å²) in [6.07, 6.45) is 15.8. The monoisotopic (exact) mass is 861 g/mol. The molecule has 4 aliphatic carbocycles. The maximum absolute atomic E-state index is 2.55. The molecule has 1 heteroatoms. The molecule has 0 atom stereocenters. The van der Waals surface area contributed by atoms with Gasteiger partial charge in [-0.1, -0.05) is 198 Å². The molecule has 0 amide bonds. The highest BCUT2D eigenvalue weighted by Crippen LogP contribution is 2.53. The molecule has 0 aliphatic heterocycles. The summed E-state index contributed by atoms with van der Waals surface area (Å²) < 4.78 is 0. The summed E-state index contributed by atoms with van der Waals surface area (Å²) in [5.74, 6) is 0. The number of nitrogens with zero attached hydrogens (tertiary/aromatic N) is 1. The first kappa shape index (κ1) is 41.0. The van der Waals surface area contributed by atoms with Crippen LogP contribution in [0.2, 0.25) is 0 Å². The maximum Gasteiger partial charge on any atom is 0.0465 e. The van der Waals surface area contributed by atoms with Crippen molar-refractivity contribution in [3.8, 4) is 66.8 Å². The lowest BCUT2D eigenvalue weighted by Crippen LogP contribution is -2.19. The smallest absolute Gasteiger partial charge is 0.0465 e. The van der Waals surface area contributed by atoms with Gasteiger partial charge in [-0.25, -0.2) is 0 Å². The van der Waals surface area contributed by atoms with E-state index in [1.807, 2.05) is 0 Å². The van der Waals surface area contributed by atoms with E-state index in [-0.39, 0.29) is 10.8 Å². The number of benzene rings is 8. The second-order valence-electron chi connectivity index (χ2n) is 19.9. The van der Waals surface area contributed by atoms with Crippen molar-refractivity contribution in [2.75, 3.05) is 4.90 Å². The summed E-state index contributed by atoms with van der Waals surface area (Å²) in [5, 5.41) is 0. The predicted molar refractivity (Wildman–Crippen MR) is 284 cm³/mol. The number of anilines is 2. The Morgan fingerprint density at radius 2 is 0.806 bits per heavy atom. The molecule has 0 saturated heterocycles. The summed E-state index contributed by atoms with van der Waals surface area (Å²) >= 11 is 0. The predicted octanol–water partition coefficient (Wildman–Crippen LogP) is 18.0. The highest BCUT2D eigenvalue weighted by molar-refractivity contribution is 5.93. The van der Waals surface area contributed by atoms with E-state index < -0.39 is 0 Å². The van der Waals surface area contributed by atoms with Crippen LogP contribution in [0.4, 0.5) is 11.4 Å². The average Bonchev–Trinajstić information content (AvgIpc) is 3.76. The molecule has 0 saturated carbocycles. The highest BCUT2D eigenvalue weighted by atomic mass is 15.1. The second-order valence-corrected chi connectivity index (χ2v) is 19.9. The van der Waals surface area contributed by atoms with E-state index in [1.54, 1.807) is 0 Å². The molecular weight excluding hydrogens is 807 g/mol. The van der Waals surface area contributed by atoms with Crippen molar-refractivity contribution < 1.29 is 0 Å². The van der Waals surface area contributed by atoms with E-state index in [0.29, 0.717) is 0 Å². The summed E-state index contributed by atoms with van der Waals surface area (Å²) in [5.41, 5.74) is 27.1. The number of rotatable bonds is 8. The van der Waals surface area contributed by atoms with E-state index in [4.69, 9.17) is 0 Å². The maximum atomic E-state index is 2.55. The minimum atomic E-state index is -0.106. The van der Waals surface area contributed by atoms with Crippen LogP contribution in [0.15, 0.2) is 229 Å². The van der Waals surface area contributed by atoms with Gasteiger partial charge in [-0.3, -0.25) is 0 Å². The number of fused-ring (bicyclic) bond motifs is 6. The van der Waals surface area contributed by atoms with Crippen LogP contribution in [0.25, 0.3) is 66.8 Å². The van der Waals surface area contributed by atoms with Gasteiger partial charge in [-0.15, -0.1) is 0 Å². The van der Waals surface area contributed by atoms with Gasteiger partial charge in [0, 0.05) is 27.9 Å². The minimum Gasteiger partial charge on any atom is -0.314 e. The number of hydrogen-bond acceptors (Lipinski definition) is 1. The van der Waals surface area contributed by atoms with Crippen molar-refractivity contribution in [2.45, 2.75) is 64.2 Å². The van der Waals surface area contributed by atoms with E-state index >= 15 is 0 Å². The summed E-state index contributed by atoms with van der Waals surface area (Å²) in [6, 6.07) is 68.5. The first-order valence-electron chi connectivity index (χ1n) is 24.2. The molecule has 8 aromatic carbocycles. The van der Waals surface area contributed by atoms with Gasteiger partial charge in [0.2, 0.25) is 0 Å². The van der Waals surface area contributed by atoms with Crippen LogP contribution < -0.4 is 4.90 Å². The Morgan fingerprint density at radius 3 is 1.28 bits per heavy atom. The van der Waals surface area contributed by atoms with Crippen molar-refractivity contribution >= 4 is 11.4 Å². The van der Waals surface area contributed by atoms with Crippen LogP contribution in [0, 0.1) is 0 Å². The Balaban J connectivity index is 1.06. The average molecular weight is 862 g/mol. The lowest BCUT2D eigenvalue weighted by atomic mass is 9.81. The zero-order valence-corrected chi connectivity index (χ0v) is 39.0. The molecule has 0 N–H and O–H groups in total. The SMILES string of the molecule is CC1(C)c2ccccc2-c2ccc(-c3cc(N(C4=CC=C(C5=CC=CCC5)CC4)c4ccc(-c5ccccc5)c(-c5ccc6c(c5)C(C)(C)c5ccccc5-6)c4)ccc3-c3ccccc3)cc21. The third kappa shape index (κ3) is 6.91. The molecule has 0 spiro atoms. The van der Waals surface area contributed by atoms with Crippen molar-refractivity contribution in [2.24, 2.45) is 0 Å². The Labute approximate surface area is 396 Å². The van der Waals surface area contributed by atoms with Gasteiger partial charge in [0.25, 0.3) is 0 Å². The molecule has 0 heterocycles. The standard InChI is InChI=1S/C66H55N/c1-65(2)61-26-16-14-24-55(61)57-36-30-48(40-63(57)65)59-42-51(34-38-53(59)46-20-10-6-11-21-46)67(50-32-28-45(29-33-50)44-18-8-5-9-19-44)52-35-39-54(47-22-12-7-13-23-47)60(43-52)49-31-37-58-56-25-15-17-27-62(56)66(3,4)64(58)41-49/h5-8,10-18,20-28,30-32,34-43H,9,19,29,33H2,1-4H3. The zero-order valence-electron chi connectivity index (χ0n) is 39.0. The molecule has 324 valence electrons. The van der Waals surface area contributed by atoms with Crippen molar-refractivity contribution in [1.82, 2.24) is 0 Å². The van der Waals surface area contributed by atoms with Crippen LogP contribution in [0.3, 0.4) is 0 Å². The molecule has 0 unspecified atom stereocenters. The van der Waals surface area contributed by atoms with Crippen LogP contribution in [0.5, 0.6) is 0 Å². The highest BCUT2D eigenvalue weighted by Gasteiger charge is 2.37. The summed E-state index contributed by atoms with van der Waals surface area (Å²) in [7, 11) is 0. The molecule has 67 heavy (non-hydrogen) atoms. The van der Waals surface area contributed by atoms with Gasteiger partial charge in [0.1, 0.15) is 0 Å². The Kier molecular flexibility index (Phi) is 9.87. The third-order valence-corrected chi connectivity index (χ3v) is 15.3. The number of hydrogen-bond donors (Lipinski definition) is 0. The molecule has 1 nitrogen and oxygen atoms in total. The first-order valence-corrected chi connectivity index (χ1v) is 24.2. The van der Waals surface area contributed by atoms with Crippen LogP contribution in [0.1, 0.15) is 75.6 Å². The molecule has 0 bridgehead atoms. The second kappa shape index (κ2) is 16.1. The van der Waals surface area contributed by atoms with E-state index in [9.17, 15) is 0 Å². The molecule has 8 aromatic rings. The molecule has 0 fully saturated rings. The lowest BCUT2D eigenvalue weighted by Gasteiger charge is -2.32. The quantitative estimate of drug-likeness (QED) is 0.147. The Bertz CT molecular complexity index is 3190. The fourth-order valence-electron chi connectivity index (χ4n) is 11.7. The molecule has 0 aromatic heterocycles. The summed E-state index contributed by atoms with van der Waals surface area (Å²) in [4.78, 5) is 2.55. The van der Waals surface area contributed by atoms with E-state index in [0.717, 1.165) is 37.1 Å². The number of allylic oxidation sites excluding steroid dienone is 8. The van der Waals surface area contributed by atoms with Gasteiger partial charge in [-0.2, -0.15) is 0 Å². The fraction of sp³-hybridized carbons (Fsp3) is 0.152. The van der Waals surface area contributed by atoms with Gasteiger partial charge >= 0.3 is 0 Å². The molecule has 12 rings (SSSR count). The van der Waals surface area contributed by atoms with Crippen LogP contribution in [-0.2, 0) is 10.8 Å². The van der Waals surface area contributed by atoms with Gasteiger partial charge < -0.3 is 4.90 Å². The van der Waals surface area contributed by atoms with Gasteiger partial charge in [0.05, 0.1) is 0 Å². The Hall–Kier alpha value is -7.48. The third-order valence-electron chi connectivity index (χ3n) is 15.3. The molecule has 4 aliphatic rings. The first-order chi connectivity index (χ1) is 32.7. The van der Waals surface area contributed by atoms with Gasteiger partial charge in [0.15, 0.2) is 0 Å². The largest absolute Gasteiger partial charge is 0.314 e. The normalized spacial score (nSPS) is 16.0. The van der Waals surface area contributed by atoms with E-state index in [1.165, 1.54) is 106 Å². The van der Waals surface area contributed by atoms with Crippen LogP contribution in [-0.4, -0.2) is 0 Å². The van der Waals surface area contributed by atoms with Crippen molar-refractivity contribution in [1.29, 1.82) is 0 Å².